The highest BCUT2D eigenvalue weighted by atomic mass is 35.5. The molecule has 7 heteroatoms. The molecule has 0 radical (unpaired) electrons. The van der Waals surface area contributed by atoms with Gasteiger partial charge in [0, 0.05) is 23.9 Å². The van der Waals surface area contributed by atoms with Crippen LogP contribution in [0.5, 0.6) is 0 Å². The van der Waals surface area contributed by atoms with E-state index in [0.717, 1.165) is 5.69 Å². The SMILES string of the molecule is Cl.Cl.NC1(Cc2ccccn2)CCS(=O)(=O)CC1. The highest BCUT2D eigenvalue weighted by Crippen LogP contribution is 2.24. The van der Waals surface area contributed by atoms with Crippen LogP contribution in [0.25, 0.3) is 0 Å². The first-order valence-electron chi connectivity index (χ1n) is 5.38. The molecular weight excluding hydrogens is 295 g/mol. The molecule has 1 aromatic heterocycles. The zero-order valence-corrected chi connectivity index (χ0v) is 12.4. The lowest BCUT2D eigenvalue weighted by Crippen LogP contribution is -2.48. The van der Waals surface area contributed by atoms with E-state index >= 15 is 0 Å². The van der Waals surface area contributed by atoms with E-state index in [2.05, 4.69) is 4.98 Å². The number of aromatic nitrogens is 1. The number of halogens is 2. The molecule has 18 heavy (non-hydrogen) atoms. The quantitative estimate of drug-likeness (QED) is 0.895. The van der Waals surface area contributed by atoms with Gasteiger partial charge in [0.1, 0.15) is 9.84 Å². The number of rotatable bonds is 2. The molecule has 4 nitrogen and oxygen atoms in total. The fraction of sp³-hybridized carbons (Fsp3) is 0.545. The normalized spacial score (nSPS) is 20.3. The molecule has 104 valence electrons. The summed E-state index contributed by atoms with van der Waals surface area (Å²) in [6.45, 7) is 0. The minimum Gasteiger partial charge on any atom is -0.325 e. The second-order valence-electron chi connectivity index (χ2n) is 4.51. The van der Waals surface area contributed by atoms with E-state index in [4.69, 9.17) is 5.73 Å². The number of nitrogens with zero attached hydrogens (tertiary/aromatic N) is 1. The van der Waals surface area contributed by atoms with Gasteiger partial charge in [-0.2, -0.15) is 0 Å². The Bertz CT molecular complexity index is 451. The van der Waals surface area contributed by atoms with Gasteiger partial charge in [0.15, 0.2) is 0 Å². The van der Waals surface area contributed by atoms with Crippen molar-refractivity contribution in [3.63, 3.8) is 0 Å². The maximum Gasteiger partial charge on any atom is 0.150 e. The molecule has 0 unspecified atom stereocenters. The molecular formula is C11H18Cl2N2O2S. The number of pyridine rings is 1. The van der Waals surface area contributed by atoms with E-state index in [1.807, 2.05) is 18.2 Å². The topological polar surface area (TPSA) is 73.0 Å². The fourth-order valence-electron chi connectivity index (χ4n) is 1.98. The minimum absolute atomic E-state index is 0. The van der Waals surface area contributed by atoms with E-state index < -0.39 is 15.4 Å². The molecule has 1 aliphatic heterocycles. The summed E-state index contributed by atoms with van der Waals surface area (Å²) in [6.07, 6.45) is 3.46. The summed E-state index contributed by atoms with van der Waals surface area (Å²) >= 11 is 0. The summed E-state index contributed by atoms with van der Waals surface area (Å²) < 4.78 is 22.6. The number of sulfone groups is 1. The summed E-state index contributed by atoms with van der Waals surface area (Å²) in [5.41, 5.74) is 6.74. The van der Waals surface area contributed by atoms with Gasteiger partial charge in [-0.05, 0) is 25.0 Å². The third-order valence-corrected chi connectivity index (χ3v) is 4.73. The van der Waals surface area contributed by atoms with Crippen molar-refractivity contribution in [3.05, 3.63) is 30.1 Å². The zero-order chi connectivity index (χ0) is 11.6. The van der Waals surface area contributed by atoms with Gasteiger partial charge in [-0.1, -0.05) is 6.07 Å². The maximum atomic E-state index is 11.3. The first kappa shape index (κ1) is 17.6. The molecule has 0 aromatic carbocycles. The van der Waals surface area contributed by atoms with Crippen LogP contribution in [-0.2, 0) is 16.3 Å². The number of hydrogen-bond donors (Lipinski definition) is 1. The van der Waals surface area contributed by atoms with Crippen molar-refractivity contribution < 1.29 is 8.42 Å². The molecule has 1 fully saturated rings. The molecule has 0 spiro atoms. The molecule has 1 aliphatic rings. The molecule has 0 amide bonds. The molecule has 1 saturated heterocycles. The summed E-state index contributed by atoms with van der Waals surface area (Å²) in [5, 5.41) is 0. The third kappa shape index (κ3) is 4.72. The van der Waals surface area contributed by atoms with Crippen LogP contribution >= 0.6 is 24.8 Å². The van der Waals surface area contributed by atoms with Crippen LogP contribution in [0.3, 0.4) is 0 Å². The Labute approximate surface area is 120 Å². The van der Waals surface area contributed by atoms with Crippen LogP contribution in [-0.4, -0.2) is 30.4 Å². The van der Waals surface area contributed by atoms with Gasteiger partial charge in [-0.15, -0.1) is 24.8 Å². The van der Waals surface area contributed by atoms with Gasteiger partial charge in [-0.25, -0.2) is 8.42 Å². The zero-order valence-electron chi connectivity index (χ0n) is 9.91. The average Bonchev–Trinajstić information content (AvgIpc) is 2.25. The van der Waals surface area contributed by atoms with E-state index in [1.165, 1.54) is 0 Å². The third-order valence-electron chi connectivity index (χ3n) is 3.08. The largest absolute Gasteiger partial charge is 0.325 e. The Hall–Kier alpha value is -0.360. The highest BCUT2D eigenvalue weighted by Gasteiger charge is 2.34. The first-order chi connectivity index (χ1) is 7.49. The smallest absolute Gasteiger partial charge is 0.150 e. The van der Waals surface area contributed by atoms with E-state index in [-0.39, 0.29) is 36.3 Å². The second-order valence-corrected chi connectivity index (χ2v) is 6.82. The minimum atomic E-state index is -2.85. The molecule has 2 heterocycles. The van der Waals surface area contributed by atoms with Gasteiger partial charge in [-0.3, -0.25) is 4.98 Å². The number of hydrogen-bond acceptors (Lipinski definition) is 4. The predicted molar refractivity (Wildman–Crippen MR) is 77.2 cm³/mol. The fourth-order valence-corrected chi connectivity index (χ4v) is 3.62. The van der Waals surface area contributed by atoms with Crippen molar-refractivity contribution in [3.8, 4) is 0 Å². The van der Waals surface area contributed by atoms with Gasteiger partial charge >= 0.3 is 0 Å². The van der Waals surface area contributed by atoms with E-state index in [0.29, 0.717) is 19.3 Å². The van der Waals surface area contributed by atoms with Crippen molar-refractivity contribution in [1.82, 2.24) is 4.98 Å². The maximum absolute atomic E-state index is 11.3. The van der Waals surface area contributed by atoms with Gasteiger partial charge in [0.05, 0.1) is 11.5 Å². The molecule has 0 bridgehead atoms. The first-order valence-corrected chi connectivity index (χ1v) is 7.21. The Morgan fingerprint density at radius 3 is 2.33 bits per heavy atom. The van der Waals surface area contributed by atoms with Gasteiger partial charge in [0.2, 0.25) is 0 Å². The van der Waals surface area contributed by atoms with E-state index in [9.17, 15) is 8.42 Å². The van der Waals surface area contributed by atoms with Crippen molar-refractivity contribution in [1.29, 1.82) is 0 Å². The lowest BCUT2D eigenvalue weighted by atomic mass is 9.88. The number of nitrogens with two attached hydrogens (primary N) is 1. The lowest BCUT2D eigenvalue weighted by Gasteiger charge is -2.32. The van der Waals surface area contributed by atoms with Crippen LogP contribution in [0.15, 0.2) is 24.4 Å². The van der Waals surface area contributed by atoms with Crippen molar-refractivity contribution in [2.45, 2.75) is 24.8 Å². The summed E-state index contributed by atoms with van der Waals surface area (Å²) in [4.78, 5) is 4.22. The average molecular weight is 313 g/mol. The van der Waals surface area contributed by atoms with Crippen molar-refractivity contribution >= 4 is 34.7 Å². The molecule has 0 atom stereocenters. The molecule has 0 saturated carbocycles. The highest BCUT2D eigenvalue weighted by molar-refractivity contribution is 7.91. The predicted octanol–water partition coefficient (Wildman–Crippen LogP) is 1.37. The van der Waals surface area contributed by atoms with Crippen LogP contribution in [0.1, 0.15) is 18.5 Å². The van der Waals surface area contributed by atoms with Gasteiger partial charge in [0.25, 0.3) is 0 Å². The monoisotopic (exact) mass is 312 g/mol. The summed E-state index contributed by atoms with van der Waals surface area (Å²) in [6, 6.07) is 5.71. The van der Waals surface area contributed by atoms with Crippen molar-refractivity contribution in [2.75, 3.05) is 11.5 Å². The Balaban J connectivity index is 0.00000144. The Morgan fingerprint density at radius 1 is 1.22 bits per heavy atom. The van der Waals surface area contributed by atoms with Crippen LogP contribution in [0.4, 0.5) is 0 Å². The van der Waals surface area contributed by atoms with Gasteiger partial charge < -0.3 is 5.73 Å². The Kier molecular flexibility index (Phi) is 6.57. The lowest BCUT2D eigenvalue weighted by molar-refractivity contribution is 0.376. The molecule has 1 aromatic rings. The van der Waals surface area contributed by atoms with Crippen LogP contribution in [0.2, 0.25) is 0 Å². The van der Waals surface area contributed by atoms with Crippen LogP contribution in [0, 0.1) is 0 Å². The molecule has 0 aliphatic carbocycles. The van der Waals surface area contributed by atoms with Crippen molar-refractivity contribution in [2.24, 2.45) is 5.73 Å². The Morgan fingerprint density at radius 2 is 1.83 bits per heavy atom. The van der Waals surface area contributed by atoms with Crippen LogP contribution < -0.4 is 5.73 Å². The molecule has 2 rings (SSSR count). The van der Waals surface area contributed by atoms with E-state index in [1.54, 1.807) is 6.20 Å². The summed E-state index contributed by atoms with van der Waals surface area (Å²) in [5.74, 6) is 0.409. The molecule has 2 N–H and O–H groups in total. The standard InChI is InChI=1S/C11H16N2O2S.2ClH/c12-11(4-7-16(14,15)8-5-11)9-10-3-1-2-6-13-10;;/h1-3,6H,4-5,7-9,12H2;2*1H. The summed E-state index contributed by atoms with van der Waals surface area (Å²) in [7, 11) is -2.85. The second kappa shape index (κ2) is 6.70.